The lowest BCUT2D eigenvalue weighted by atomic mass is 9.95. The highest BCUT2D eigenvalue weighted by Gasteiger charge is 2.02. The average Bonchev–Trinajstić information content (AvgIpc) is 2.26. The second-order valence-corrected chi connectivity index (χ2v) is 4.14. The number of allylic oxidation sites excluding steroid dienone is 9. The first-order valence-electron chi connectivity index (χ1n) is 5.73. The van der Waals surface area contributed by atoms with Crippen molar-refractivity contribution in [3.63, 3.8) is 0 Å². The van der Waals surface area contributed by atoms with Crippen molar-refractivity contribution >= 4 is 0 Å². The van der Waals surface area contributed by atoms with Crippen molar-refractivity contribution in [3.05, 3.63) is 58.7 Å². The van der Waals surface area contributed by atoms with Gasteiger partial charge in [0, 0.05) is 0 Å². The molecule has 0 fully saturated rings. The minimum Gasteiger partial charge on any atom is -0.0991 e. The fourth-order valence-electron chi connectivity index (χ4n) is 1.55. The standard InChI is InChI=1S/C16H24/c1-8-10-12(3)14(5)16(7)15(6)13(4)11-9-2/h8-11H,1H2,2-7H3/b11-9+,12-10+,15-13+,16-14+. The Balaban J connectivity index is 5.40. The average molecular weight is 216 g/mol. The van der Waals surface area contributed by atoms with Crippen molar-refractivity contribution in [1.29, 1.82) is 0 Å². The van der Waals surface area contributed by atoms with Crippen LogP contribution in [-0.2, 0) is 0 Å². The maximum atomic E-state index is 3.73. The molecule has 88 valence electrons. The summed E-state index contributed by atoms with van der Waals surface area (Å²) in [6, 6.07) is 0. The van der Waals surface area contributed by atoms with Gasteiger partial charge in [-0.15, -0.1) is 0 Å². The molecule has 0 saturated heterocycles. The van der Waals surface area contributed by atoms with Crippen molar-refractivity contribution in [1.82, 2.24) is 0 Å². The molecular formula is C16H24. The van der Waals surface area contributed by atoms with E-state index in [1.54, 1.807) is 0 Å². The van der Waals surface area contributed by atoms with Crippen LogP contribution in [-0.4, -0.2) is 0 Å². The molecule has 0 unspecified atom stereocenters. The second kappa shape index (κ2) is 7.05. The van der Waals surface area contributed by atoms with E-state index in [0.717, 1.165) is 0 Å². The molecule has 0 aliphatic heterocycles. The summed E-state index contributed by atoms with van der Waals surface area (Å²) in [6.45, 7) is 16.6. The van der Waals surface area contributed by atoms with Crippen molar-refractivity contribution < 1.29 is 0 Å². The van der Waals surface area contributed by atoms with Gasteiger partial charge in [-0.1, -0.05) is 30.9 Å². The van der Waals surface area contributed by atoms with Gasteiger partial charge in [0.1, 0.15) is 0 Å². The number of hydrogen-bond donors (Lipinski definition) is 0. The molecule has 16 heavy (non-hydrogen) atoms. The third-order valence-electron chi connectivity index (χ3n) is 3.09. The molecule has 0 amide bonds. The van der Waals surface area contributed by atoms with E-state index >= 15 is 0 Å². The zero-order valence-electron chi connectivity index (χ0n) is 11.5. The van der Waals surface area contributed by atoms with E-state index in [1.165, 1.54) is 27.9 Å². The third-order valence-corrected chi connectivity index (χ3v) is 3.09. The maximum absolute atomic E-state index is 3.73. The predicted molar refractivity (Wildman–Crippen MR) is 75.5 cm³/mol. The van der Waals surface area contributed by atoms with Crippen molar-refractivity contribution in [2.24, 2.45) is 0 Å². The fraction of sp³-hybridized carbons (Fsp3) is 0.375. The molecule has 0 nitrogen and oxygen atoms in total. The molecule has 0 aliphatic carbocycles. The van der Waals surface area contributed by atoms with Gasteiger partial charge in [-0.2, -0.15) is 0 Å². The van der Waals surface area contributed by atoms with Crippen LogP contribution in [0.25, 0.3) is 0 Å². The van der Waals surface area contributed by atoms with Gasteiger partial charge in [0.05, 0.1) is 0 Å². The summed E-state index contributed by atoms with van der Waals surface area (Å²) < 4.78 is 0. The first-order chi connectivity index (χ1) is 7.45. The normalized spacial score (nSPS) is 16.0. The van der Waals surface area contributed by atoms with Gasteiger partial charge >= 0.3 is 0 Å². The predicted octanol–water partition coefficient (Wildman–Crippen LogP) is 5.37. The summed E-state index contributed by atoms with van der Waals surface area (Å²) in [6.07, 6.45) is 8.12. The SMILES string of the molecule is C=C/C=C(C)/C(C)=C(C)/C(C)=C(C)/C=C/C. The molecule has 0 aromatic heterocycles. The number of hydrogen-bond acceptors (Lipinski definition) is 0. The number of rotatable bonds is 4. The van der Waals surface area contributed by atoms with E-state index in [1.807, 2.05) is 13.0 Å². The largest absolute Gasteiger partial charge is 0.0991 e. The lowest BCUT2D eigenvalue weighted by Crippen LogP contribution is -1.91. The molecule has 0 aliphatic rings. The zero-order valence-corrected chi connectivity index (χ0v) is 11.5. The summed E-state index contributed by atoms with van der Waals surface area (Å²) in [5, 5.41) is 0. The van der Waals surface area contributed by atoms with Crippen molar-refractivity contribution in [2.75, 3.05) is 0 Å². The van der Waals surface area contributed by atoms with Gasteiger partial charge in [-0.25, -0.2) is 0 Å². The molecule has 0 saturated carbocycles. The van der Waals surface area contributed by atoms with Crippen LogP contribution < -0.4 is 0 Å². The van der Waals surface area contributed by atoms with Gasteiger partial charge < -0.3 is 0 Å². The van der Waals surface area contributed by atoms with Gasteiger partial charge in [0.2, 0.25) is 0 Å². The van der Waals surface area contributed by atoms with Crippen LogP contribution in [0.1, 0.15) is 41.5 Å². The Morgan fingerprint density at radius 3 is 1.88 bits per heavy atom. The Kier molecular flexibility index (Phi) is 6.48. The minimum absolute atomic E-state index is 1.28. The summed E-state index contributed by atoms with van der Waals surface area (Å²) in [4.78, 5) is 0. The lowest BCUT2D eigenvalue weighted by Gasteiger charge is -2.11. The Hall–Kier alpha value is -1.30. The monoisotopic (exact) mass is 216 g/mol. The van der Waals surface area contributed by atoms with E-state index in [4.69, 9.17) is 0 Å². The Labute approximate surface area is 101 Å². The van der Waals surface area contributed by atoms with Crippen molar-refractivity contribution in [2.45, 2.75) is 41.5 Å². The van der Waals surface area contributed by atoms with Crippen LogP contribution in [0.4, 0.5) is 0 Å². The van der Waals surface area contributed by atoms with E-state index in [2.05, 4.69) is 59.4 Å². The lowest BCUT2D eigenvalue weighted by molar-refractivity contribution is 1.19. The summed E-state index contributed by atoms with van der Waals surface area (Å²) in [7, 11) is 0. The van der Waals surface area contributed by atoms with Crippen LogP contribution in [0.3, 0.4) is 0 Å². The Bertz CT molecular complexity index is 371. The summed E-state index contributed by atoms with van der Waals surface area (Å²) in [5.41, 5.74) is 6.64. The molecular weight excluding hydrogens is 192 g/mol. The third kappa shape index (κ3) is 4.06. The first-order valence-corrected chi connectivity index (χ1v) is 5.73. The molecule has 0 aromatic rings. The minimum atomic E-state index is 1.28. The van der Waals surface area contributed by atoms with Gasteiger partial charge in [-0.05, 0) is 69.4 Å². The highest BCUT2D eigenvalue weighted by atomic mass is 14.1. The Morgan fingerprint density at radius 1 is 0.875 bits per heavy atom. The molecule has 0 aromatic carbocycles. The Morgan fingerprint density at radius 2 is 1.44 bits per heavy atom. The van der Waals surface area contributed by atoms with Crippen LogP contribution in [0.15, 0.2) is 58.7 Å². The van der Waals surface area contributed by atoms with Gasteiger partial charge in [0.15, 0.2) is 0 Å². The smallest absolute Gasteiger partial charge is 0.0392 e. The van der Waals surface area contributed by atoms with Gasteiger partial charge in [-0.3, -0.25) is 0 Å². The topological polar surface area (TPSA) is 0 Å². The molecule has 0 rings (SSSR count). The molecule has 0 atom stereocenters. The fourth-order valence-corrected chi connectivity index (χ4v) is 1.55. The van der Waals surface area contributed by atoms with Crippen LogP contribution in [0, 0.1) is 0 Å². The zero-order chi connectivity index (χ0) is 12.7. The van der Waals surface area contributed by atoms with Crippen molar-refractivity contribution in [3.8, 4) is 0 Å². The molecule has 0 bridgehead atoms. The van der Waals surface area contributed by atoms with E-state index in [9.17, 15) is 0 Å². The van der Waals surface area contributed by atoms with Gasteiger partial charge in [0.25, 0.3) is 0 Å². The molecule has 0 N–H and O–H groups in total. The molecule has 0 heteroatoms. The summed E-state index contributed by atoms with van der Waals surface area (Å²) >= 11 is 0. The molecule has 0 radical (unpaired) electrons. The molecule has 0 heterocycles. The quantitative estimate of drug-likeness (QED) is 0.554. The highest BCUT2D eigenvalue weighted by Crippen LogP contribution is 2.22. The highest BCUT2D eigenvalue weighted by molar-refractivity contribution is 5.45. The van der Waals surface area contributed by atoms with Crippen LogP contribution >= 0.6 is 0 Å². The van der Waals surface area contributed by atoms with E-state index < -0.39 is 0 Å². The summed E-state index contributed by atoms with van der Waals surface area (Å²) in [5.74, 6) is 0. The van der Waals surface area contributed by atoms with Crippen LogP contribution in [0.5, 0.6) is 0 Å². The maximum Gasteiger partial charge on any atom is -0.0392 e. The first kappa shape index (κ1) is 14.7. The van der Waals surface area contributed by atoms with E-state index in [-0.39, 0.29) is 0 Å². The second-order valence-electron chi connectivity index (χ2n) is 4.14. The van der Waals surface area contributed by atoms with E-state index in [0.29, 0.717) is 0 Å². The van der Waals surface area contributed by atoms with Crippen LogP contribution in [0.2, 0.25) is 0 Å². The molecule has 0 spiro atoms.